The predicted octanol–water partition coefficient (Wildman–Crippen LogP) is 1.98. The molecule has 0 aromatic rings. The zero-order valence-corrected chi connectivity index (χ0v) is 6.32. The van der Waals surface area contributed by atoms with Crippen molar-refractivity contribution in [2.45, 2.75) is 31.6 Å². The smallest absolute Gasteiger partial charge is 0.137 e. The third-order valence-electron chi connectivity index (χ3n) is 1.52. The van der Waals surface area contributed by atoms with Gasteiger partial charge in [-0.15, -0.1) is 11.6 Å². The SMILES string of the molecule is CC(Cl)CC(=O)C1CC1. The molecule has 0 radical (unpaired) electrons. The first kappa shape index (κ1) is 7.07. The number of hydrogen-bond donors (Lipinski definition) is 0. The van der Waals surface area contributed by atoms with Crippen molar-refractivity contribution in [2.24, 2.45) is 5.92 Å². The quantitative estimate of drug-likeness (QED) is 0.557. The fourth-order valence-electron chi connectivity index (χ4n) is 0.849. The van der Waals surface area contributed by atoms with Gasteiger partial charge in [-0.3, -0.25) is 4.79 Å². The lowest BCUT2D eigenvalue weighted by Gasteiger charge is -1.97. The Balaban J connectivity index is 2.18. The first-order valence-electron chi connectivity index (χ1n) is 3.37. The van der Waals surface area contributed by atoms with Gasteiger partial charge < -0.3 is 0 Å². The molecule has 1 fully saturated rings. The zero-order valence-electron chi connectivity index (χ0n) is 5.56. The minimum absolute atomic E-state index is 0.0260. The van der Waals surface area contributed by atoms with Crippen molar-refractivity contribution in [1.29, 1.82) is 0 Å². The summed E-state index contributed by atoms with van der Waals surface area (Å²) in [7, 11) is 0. The molecule has 1 aliphatic carbocycles. The third kappa shape index (κ3) is 2.35. The lowest BCUT2D eigenvalue weighted by Crippen LogP contribution is -2.05. The average Bonchev–Trinajstić information content (AvgIpc) is 2.40. The van der Waals surface area contributed by atoms with Crippen LogP contribution >= 0.6 is 11.6 Å². The van der Waals surface area contributed by atoms with Gasteiger partial charge in [0.15, 0.2) is 0 Å². The van der Waals surface area contributed by atoms with Gasteiger partial charge in [-0.25, -0.2) is 0 Å². The van der Waals surface area contributed by atoms with Crippen molar-refractivity contribution < 1.29 is 4.79 Å². The molecule has 1 unspecified atom stereocenters. The Morgan fingerprint density at radius 1 is 1.78 bits per heavy atom. The second kappa shape index (κ2) is 2.70. The van der Waals surface area contributed by atoms with Crippen LogP contribution in [0.25, 0.3) is 0 Å². The number of rotatable bonds is 3. The highest BCUT2D eigenvalue weighted by Crippen LogP contribution is 2.31. The Morgan fingerprint density at radius 2 is 2.33 bits per heavy atom. The summed E-state index contributed by atoms with van der Waals surface area (Å²) in [6.45, 7) is 1.86. The maximum absolute atomic E-state index is 10.9. The monoisotopic (exact) mass is 146 g/mol. The van der Waals surface area contributed by atoms with Gasteiger partial charge in [-0.05, 0) is 19.8 Å². The van der Waals surface area contributed by atoms with Crippen LogP contribution in [0.15, 0.2) is 0 Å². The number of alkyl halides is 1. The molecule has 1 nitrogen and oxygen atoms in total. The molecule has 0 bridgehead atoms. The Labute approximate surface area is 60.4 Å². The lowest BCUT2D eigenvalue weighted by molar-refractivity contribution is -0.120. The highest BCUT2D eigenvalue weighted by Gasteiger charge is 2.29. The van der Waals surface area contributed by atoms with E-state index in [-0.39, 0.29) is 5.38 Å². The summed E-state index contributed by atoms with van der Waals surface area (Å²) < 4.78 is 0. The fourth-order valence-corrected chi connectivity index (χ4v) is 1.00. The molecule has 0 aliphatic heterocycles. The van der Waals surface area contributed by atoms with E-state index in [4.69, 9.17) is 11.6 Å². The summed E-state index contributed by atoms with van der Waals surface area (Å²) in [4.78, 5) is 10.9. The molecule has 1 saturated carbocycles. The van der Waals surface area contributed by atoms with Crippen molar-refractivity contribution >= 4 is 17.4 Å². The van der Waals surface area contributed by atoms with E-state index in [0.29, 0.717) is 18.1 Å². The molecular formula is C7H11ClO. The summed E-state index contributed by atoms with van der Waals surface area (Å²) >= 11 is 5.62. The van der Waals surface area contributed by atoms with Crippen LogP contribution in [-0.4, -0.2) is 11.2 Å². The Bertz CT molecular complexity index is 116. The van der Waals surface area contributed by atoms with Gasteiger partial charge in [-0.1, -0.05) is 0 Å². The molecule has 0 N–H and O–H groups in total. The first-order valence-corrected chi connectivity index (χ1v) is 3.80. The Kier molecular flexibility index (Phi) is 2.12. The Hall–Kier alpha value is -0.0400. The summed E-state index contributed by atoms with van der Waals surface area (Å²) in [5.41, 5.74) is 0. The van der Waals surface area contributed by atoms with E-state index >= 15 is 0 Å². The molecule has 1 atom stereocenters. The van der Waals surface area contributed by atoms with Crippen molar-refractivity contribution in [1.82, 2.24) is 0 Å². The minimum atomic E-state index is 0.0260. The van der Waals surface area contributed by atoms with Crippen LogP contribution in [-0.2, 0) is 4.79 Å². The average molecular weight is 147 g/mol. The van der Waals surface area contributed by atoms with E-state index in [1.807, 2.05) is 6.92 Å². The molecule has 0 aromatic heterocycles. The standard InChI is InChI=1S/C7H11ClO/c1-5(8)4-7(9)6-2-3-6/h5-6H,2-4H2,1H3. The van der Waals surface area contributed by atoms with Crippen molar-refractivity contribution in [2.75, 3.05) is 0 Å². The highest BCUT2D eigenvalue weighted by molar-refractivity contribution is 6.21. The van der Waals surface area contributed by atoms with Crippen LogP contribution in [0.5, 0.6) is 0 Å². The van der Waals surface area contributed by atoms with Gasteiger partial charge in [-0.2, -0.15) is 0 Å². The number of hydrogen-bond acceptors (Lipinski definition) is 1. The van der Waals surface area contributed by atoms with Crippen LogP contribution in [0, 0.1) is 5.92 Å². The topological polar surface area (TPSA) is 17.1 Å². The summed E-state index contributed by atoms with van der Waals surface area (Å²) in [6, 6.07) is 0. The van der Waals surface area contributed by atoms with E-state index in [1.54, 1.807) is 0 Å². The highest BCUT2D eigenvalue weighted by atomic mass is 35.5. The van der Waals surface area contributed by atoms with Crippen LogP contribution in [0.2, 0.25) is 0 Å². The molecule has 1 rings (SSSR count). The molecule has 0 amide bonds. The molecule has 0 aromatic carbocycles. The van der Waals surface area contributed by atoms with E-state index in [1.165, 1.54) is 0 Å². The predicted molar refractivity (Wildman–Crippen MR) is 37.7 cm³/mol. The second-order valence-electron chi connectivity index (χ2n) is 2.73. The second-order valence-corrected chi connectivity index (χ2v) is 3.47. The van der Waals surface area contributed by atoms with Crippen molar-refractivity contribution in [3.8, 4) is 0 Å². The first-order chi connectivity index (χ1) is 4.20. The van der Waals surface area contributed by atoms with E-state index in [0.717, 1.165) is 12.8 Å². The number of carbonyl (C=O) groups is 1. The van der Waals surface area contributed by atoms with Gasteiger partial charge >= 0.3 is 0 Å². The fraction of sp³-hybridized carbons (Fsp3) is 0.857. The van der Waals surface area contributed by atoms with Gasteiger partial charge in [0.2, 0.25) is 0 Å². The molecule has 0 saturated heterocycles. The molecule has 2 heteroatoms. The molecule has 0 heterocycles. The van der Waals surface area contributed by atoms with Crippen LogP contribution in [0.1, 0.15) is 26.2 Å². The van der Waals surface area contributed by atoms with Crippen LogP contribution in [0.4, 0.5) is 0 Å². The van der Waals surface area contributed by atoms with Gasteiger partial charge in [0, 0.05) is 17.7 Å². The van der Waals surface area contributed by atoms with Crippen molar-refractivity contribution in [3.05, 3.63) is 0 Å². The largest absolute Gasteiger partial charge is 0.299 e. The van der Waals surface area contributed by atoms with Gasteiger partial charge in [0.1, 0.15) is 5.78 Å². The van der Waals surface area contributed by atoms with Crippen LogP contribution < -0.4 is 0 Å². The van der Waals surface area contributed by atoms with Gasteiger partial charge in [0.05, 0.1) is 0 Å². The minimum Gasteiger partial charge on any atom is -0.299 e. The molecule has 9 heavy (non-hydrogen) atoms. The maximum atomic E-state index is 10.9. The normalized spacial score (nSPS) is 21.6. The summed E-state index contributed by atoms with van der Waals surface area (Å²) in [5, 5.41) is 0.0260. The van der Waals surface area contributed by atoms with E-state index < -0.39 is 0 Å². The Morgan fingerprint density at radius 3 is 2.67 bits per heavy atom. The number of halogens is 1. The number of carbonyl (C=O) groups excluding carboxylic acids is 1. The molecule has 0 spiro atoms. The van der Waals surface area contributed by atoms with Crippen molar-refractivity contribution in [3.63, 3.8) is 0 Å². The summed E-state index contributed by atoms with van der Waals surface area (Å²) in [5.74, 6) is 0.740. The zero-order chi connectivity index (χ0) is 6.85. The maximum Gasteiger partial charge on any atom is 0.137 e. The molecule has 52 valence electrons. The molecular weight excluding hydrogens is 136 g/mol. The number of ketones is 1. The van der Waals surface area contributed by atoms with E-state index in [9.17, 15) is 4.79 Å². The number of Topliss-reactive ketones (excluding diaryl/α,β-unsaturated/α-hetero) is 1. The molecule has 1 aliphatic rings. The van der Waals surface area contributed by atoms with Crippen LogP contribution in [0.3, 0.4) is 0 Å². The third-order valence-corrected chi connectivity index (χ3v) is 1.67. The van der Waals surface area contributed by atoms with E-state index in [2.05, 4.69) is 0 Å². The van der Waals surface area contributed by atoms with Gasteiger partial charge in [0.25, 0.3) is 0 Å². The summed E-state index contributed by atoms with van der Waals surface area (Å²) in [6.07, 6.45) is 2.76. The lowest BCUT2D eigenvalue weighted by atomic mass is 10.1.